The molecule has 0 amide bonds. The maximum absolute atomic E-state index is 13.7. The van der Waals surface area contributed by atoms with Gasteiger partial charge in [0.05, 0.1) is 11.8 Å². The number of fused-ring (bicyclic) bond motifs is 1. The van der Waals surface area contributed by atoms with Crippen molar-refractivity contribution in [3.05, 3.63) is 77.6 Å². The van der Waals surface area contributed by atoms with Crippen molar-refractivity contribution in [2.24, 2.45) is 0 Å². The summed E-state index contributed by atoms with van der Waals surface area (Å²) >= 11 is 0. The SMILES string of the molecule is O=C1C=C(Nc2ccc(F)cc2F)O/C1=C\c1c[nH]c2ncccc12. The molecule has 0 saturated heterocycles. The zero-order valence-corrected chi connectivity index (χ0v) is 12.7. The molecule has 1 aromatic carbocycles. The number of nitrogens with zero attached hydrogens (tertiary/aromatic N) is 1. The summed E-state index contributed by atoms with van der Waals surface area (Å²) in [4.78, 5) is 19.3. The smallest absolute Gasteiger partial charge is 0.226 e. The molecule has 0 bridgehead atoms. The number of aromatic amines is 1. The number of ketones is 1. The highest BCUT2D eigenvalue weighted by Gasteiger charge is 2.22. The standard InChI is InChI=1S/C18H11F2N3O2/c19-11-3-4-14(13(20)7-11)23-17-8-15(24)16(25-17)6-10-9-22-18-12(10)2-1-5-21-18/h1-9,23H,(H,21,22)/b16-6-. The Morgan fingerprint density at radius 1 is 1.24 bits per heavy atom. The molecular weight excluding hydrogens is 328 g/mol. The van der Waals surface area contributed by atoms with E-state index >= 15 is 0 Å². The molecule has 0 aliphatic carbocycles. The molecule has 25 heavy (non-hydrogen) atoms. The Morgan fingerprint density at radius 2 is 2.12 bits per heavy atom. The van der Waals surface area contributed by atoms with Gasteiger partial charge in [-0.25, -0.2) is 13.8 Å². The highest BCUT2D eigenvalue weighted by atomic mass is 19.1. The summed E-state index contributed by atoms with van der Waals surface area (Å²) in [5.41, 5.74) is 1.45. The molecule has 3 aromatic rings. The minimum absolute atomic E-state index is 0.0120. The monoisotopic (exact) mass is 339 g/mol. The van der Waals surface area contributed by atoms with E-state index < -0.39 is 11.6 Å². The summed E-state index contributed by atoms with van der Waals surface area (Å²) in [6.07, 6.45) is 6.16. The lowest BCUT2D eigenvalue weighted by Crippen LogP contribution is -2.01. The predicted octanol–water partition coefficient (Wildman–Crippen LogP) is 3.73. The number of ether oxygens (including phenoxy) is 1. The van der Waals surface area contributed by atoms with Gasteiger partial charge in [-0.05, 0) is 30.3 Å². The molecule has 5 nitrogen and oxygen atoms in total. The van der Waals surface area contributed by atoms with Crippen LogP contribution in [0.3, 0.4) is 0 Å². The number of benzene rings is 1. The maximum Gasteiger partial charge on any atom is 0.226 e. The molecule has 2 aromatic heterocycles. The normalized spacial score (nSPS) is 15.5. The molecule has 0 atom stereocenters. The molecule has 0 fully saturated rings. The first-order chi connectivity index (χ1) is 12.1. The largest absolute Gasteiger partial charge is 0.437 e. The molecule has 0 saturated carbocycles. The van der Waals surface area contributed by atoms with Gasteiger partial charge in [0.25, 0.3) is 0 Å². The first kappa shape index (κ1) is 15.1. The number of hydrogen-bond donors (Lipinski definition) is 2. The lowest BCUT2D eigenvalue weighted by atomic mass is 10.2. The van der Waals surface area contributed by atoms with E-state index in [1.54, 1.807) is 24.5 Å². The number of carbonyl (C=O) groups is 1. The zero-order valence-electron chi connectivity index (χ0n) is 12.7. The quantitative estimate of drug-likeness (QED) is 0.714. The fraction of sp³-hybridized carbons (Fsp3) is 0. The number of carbonyl (C=O) groups excluding carboxylic acids is 1. The van der Waals surface area contributed by atoms with Crippen LogP contribution in [0, 0.1) is 11.6 Å². The second-order valence-corrected chi connectivity index (χ2v) is 5.38. The predicted molar refractivity (Wildman–Crippen MR) is 88.2 cm³/mol. The maximum atomic E-state index is 13.7. The van der Waals surface area contributed by atoms with Crippen LogP contribution < -0.4 is 5.32 Å². The van der Waals surface area contributed by atoms with Crippen molar-refractivity contribution in [2.45, 2.75) is 0 Å². The van der Waals surface area contributed by atoms with Gasteiger partial charge in [-0.2, -0.15) is 0 Å². The molecule has 0 radical (unpaired) electrons. The van der Waals surface area contributed by atoms with Gasteiger partial charge in [0.1, 0.15) is 17.3 Å². The third-order valence-electron chi connectivity index (χ3n) is 3.68. The van der Waals surface area contributed by atoms with E-state index in [0.29, 0.717) is 5.65 Å². The van der Waals surface area contributed by atoms with Gasteiger partial charge < -0.3 is 15.0 Å². The van der Waals surface area contributed by atoms with Crippen molar-refractivity contribution >= 4 is 28.6 Å². The summed E-state index contributed by atoms with van der Waals surface area (Å²) < 4.78 is 32.1. The van der Waals surface area contributed by atoms with Gasteiger partial charge in [0.2, 0.25) is 11.7 Å². The third kappa shape index (κ3) is 2.87. The van der Waals surface area contributed by atoms with Crippen LogP contribution >= 0.6 is 0 Å². The van der Waals surface area contributed by atoms with Gasteiger partial charge in [-0.3, -0.25) is 4.79 Å². The Morgan fingerprint density at radius 3 is 2.96 bits per heavy atom. The van der Waals surface area contributed by atoms with E-state index in [-0.39, 0.29) is 23.1 Å². The van der Waals surface area contributed by atoms with Gasteiger partial charge >= 0.3 is 0 Å². The summed E-state index contributed by atoms with van der Waals surface area (Å²) in [6, 6.07) is 6.74. The second kappa shape index (κ2) is 5.86. The molecule has 4 rings (SSSR count). The molecule has 0 spiro atoms. The first-order valence-corrected chi connectivity index (χ1v) is 7.40. The summed E-state index contributed by atoms with van der Waals surface area (Å²) in [5.74, 6) is -1.66. The summed E-state index contributed by atoms with van der Waals surface area (Å²) in [7, 11) is 0. The number of anilines is 1. The van der Waals surface area contributed by atoms with Crippen LogP contribution in [0.2, 0.25) is 0 Å². The number of aromatic nitrogens is 2. The molecule has 7 heteroatoms. The number of nitrogens with one attached hydrogen (secondary N) is 2. The Bertz CT molecular complexity index is 1050. The van der Waals surface area contributed by atoms with Crippen molar-refractivity contribution in [1.29, 1.82) is 0 Å². The fourth-order valence-electron chi connectivity index (χ4n) is 2.51. The van der Waals surface area contributed by atoms with Crippen molar-refractivity contribution in [3.8, 4) is 0 Å². The molecule has 1 aliphatic heterocycles. The van der Waals surface area contributed by atoms with E-state index in [1.807, 2.05) is 6.07 Å². The molecule has 124 valence electrons. The van der Waals surface area contributed by atoms with Crippen molar-refractivity contribution in [2.75, 3.05) is 5.32 Å². The molecular formula is C18H11F2N3O2. The van der Waals surface area contributed by atoms with Crippen molar-refractivity contribution < 1.29 is 18.3 Å². The Balaban J connectivity index is 1.58. The van der Waals surface area contributed by atoms with E-state index in [1.165, 1.54) is 12.1 Å². The molecule has 3 heterocycles. The summed E-state index contributed by atoms with van der Waals surface area (Å²) in [5, 5.41) is 3.47. The first-order valence-electron chi connectivity index (χ1n) is 7.40. The number of allylic oxidation sites excluding steroid dienone is 1. The van der Waals surface area contributed by atoms with Gasteiger partial charge in [-0.15, -0.1) is 0 Å². The molecule has 1 aliphatic rings. The molecule has 2 N–H and O–H groups in total. The van der Waals surface area contributed by atoms with Crippen molar-refractivity contribution in [1.82, 2.24) is 9.97 Å². The number of halogens is 2. The van der Waals surface area contributed by atoms with Crippen LogP contribution in [-0.2, 0) is 9.53 Å². The van der Waals surface area contributed by atoms with Crippen molar-refractivity contribution in [3.63, 3.8) is 0 Å². The van der Waals surface area contributed by atoms with Crippen LogP contribution in [-0.4, -0.2) is 15.8 Å². The van der Waals surface area contributed by atoms with E-state index in [2.05, 4.69) is 15.3 Å². The lowest BCUT2D eigenvalue weighted by Gasteiger charge is -2.08. The van der Waals surface area contributed by atoms with Crippen LogP contribution in [0.1, 0.15) is 5.56 Å². The number of hydrogen-bond acceptors (Lipinski definition) is 4. The Labute approximate surface area is 140 Å². The second-order valence-electron chi connectivity index (χ2n) is 5.38. The highest BCUT2D eigenvalue weighted by Crippen LogP contribution is 2.26. The van der Waals surface area contributed by atoms with Crippen LogP contribution in [0.5, 0.6) is 0 Å². The van der Waals surface area contributed by atoms with Crippen LogP contribution in [0.15, 0.2) is 60.4 Å². The average Bonchev–Trinajstić information content (AvgIpc) is 3.15. The van der Waals surface area contributed by atoms with E-state index in [0.717, 1.165) is 23.1 Å². The van der Waals surface area contributed by atoms with E-state index in [9.17, 15) is 13.6 Å². The highest BCUT2D eigenvalue weighted by molar-refractivity contribution is 6.09. The van der Waals surface area contributed by atoms with Gasteiger partial charge in [-0.1, -0.05) is 0 Å². The topological polar surface area (TPSA) is 67.0 Å². The number of pyridine rings is 1. The summed E-state index contributed by atoms with van der Waals surface area (Å²) in [6.45, 7) is 0. The Hall–Kier alpha value is -3.48. The van der Waals surface area contributed by atoms with Crippen LogP contribution in [0.25, 0.3) is 17.1 Å². The fourth-order valence-corrected chi connectivity index (χ4v) is 2.51. The minimum atomic E-state index is -0.780. The lowest BCUT2D eigenvalue weighted by molar-refractivity contribution is -0.112. The molecule has 0 unspecified atom stereocenters. The zero-order chi connectivity index (χ0) is 17.4. The number of H-pyrrole nitrogens is 1. The Kier molecular flexibility index (Phi) is 3.53. The number of rotatable bonds is 3. The van der Waals surface area contributed by atoms with Gasteiger partial charge in [0.15, 0.2) is 5.76 Å². The third-order valence-corrected chi connectivity index (χ3v) is 3.68. The minimum Gasteiger partial charge on any atom is -0.437 e. The van der Waals surface area contributed by atoms with Crippen LogP contribution in [0.4, 0.5) is 14.5 Å². The van der Waals surface area contributed by atoms with E-state index in [4.69, 9.17) is 4.74 Å². The average molecular weight is 339 g/mol. The van der Waals surface area contributed by atoms with Gasteiger partial charge in [0, 0.05) is 29.4 Å².